The van der Waals surface area contributed by atoms with Crippen LogP contribution in [0, 0.1) is 13.8 Å². The number of carbonyl (C=O) groups excluding carboxylic acids is 1. The lowest BCUT2D eigenvalue weighted by atomic mass is 10.1. The van der Waals surface area contributed by atoms with Gasteiger partial charge in [-0.1, -0.05) is 0 Å². The third kappa shape index (κ3) is 3.60. The molecule has 3 rings (SSSR count). The van der Waals surface area contributed by atoms with Gasteiger partial charge in [0, 0.05) is 37.3 Å². The van der Waals surface area contributed by atoms with Gasteiger partial charge in [0.05, 0.1) is 17.6 Å². The lowest BCUT2D eigenvalue weighted by Crippen LogP contribution is -2.48. The first kappa shape index (κ1) is 18.8. The number of anilines is 1. The van der Waals surface area contributed by atoms with Crippen molar-refractivity contribution >= 4 is 32.5 Å². The van der Waals surface area contributed by atoms with E-state index in [0.717, 1.165) is 10.0 Å². The molecule has 1 aromatic heterocycles. The Kier molecular flexibility index (Phi) is 5.31. The number of aromatic nitrogens is 1. The van der Waals surface area contributed by atoms with Crippen LogP contribution in [0.25, 0.3) is 0 Å². The second-order valence-corrected chi connectivity index (χ2v) is 9.24. The summed E-state index contributed by atoms with van der Waals surface area (Å²) in [6.45, 7) is 5.70. The van der Waals surface area contributed by atoms with E-state index in [9.17, 15) is 13.2 Å². The molecule has 140 valence electrons. The Hall–Kier alpha value is -1.97. The molecule has 0 bridgehead atoms. The Balaban J connectivity index is 1.76. The summed E-state index contributed by atoms with van der Waals surface area (Å²) in [5.41, 5.74) is 0.874. The molecular weight excluding hydrogens is 374 g/mol. The molecule has 0 radical (unpaired) electrons. The largest absolute Gasteiger partial charge is 0.465 e. The molecule has 0 saturated carbocycles. The zero-order valence-electron chi connectivity index (χ0n) is 14.9. The van der Waals surface area contributed by atoms with Gasteiger partial charge in [-0.15, -0.1) is 11.3 Å². The van der Waals surface area contributed by atoms with Gasteiger partial charge >= 0.3 is 5.97 Å². The number of methoxy groups -OCH3 is 1. The van der Waals surface area contributed by atoms with Crippen LogP contribution in [0.2, 0.25) is 0 Å². The van der Waals surface area contributed by atoms with Gasteiger partial charge in [0.1, 0.15) is 0 Å². The zero-order chi connectivity index (χ0) is 18.9. The summed E-state index contributed by atoms with van der Waals surface area (Å²) < 4.78 is 32.1. The Morgan fingerprint density at radius 2 is 1.88 bits per heavy atom. The highest BCUT2D eigenvalue weighted by molar-refractivity contribution is 7.89. The second kappa shape index (κ2) is 7.34. The van der Waals surface area contributed by atoms with Gasteiger partial charge in [-0.2, -0.15) is 4.31 Å². The van der Waals surface area contributed by atoms with Crippen LogP contribution in [0.3, 0.4) is 0 Å². The van der Waals surface area contributed by atoms with Crippen LogP contribution in [0.4, 0.5) is 5.13 Å². The van der Waals surface area contributed by atoms with Crippen molar-refractivity contribution in [1.29, 1.82) is 0 Å². The van der Waals surface area contributed by atoms with Crippen molar-refractivity contribution in [3.63, 3.8) is 0 Å². The Labute approximate surface area is 157 Å². The Bertz CT molecular complexity index is 916. The summed E-state index contributed by atoms with van der Waals surface area (Å²) in [7, 11) is -2.31. The normalized spacial score (nSPS) is 15.9. The van der Waals surface area contributed by atoms with E-state index < -0.39 is 16.0 Å². The number of rotatable bonds is 4. The fourth-order valence-corrected chi connectivity index (χ4v) is 5.37. The van der Waals surface area contributed by atoms with Crippen molar-refractivity contribution in [2.45, 2.75) is 18.7 Å². The molecule has 0 unspecified atom stereocenters. The number of piperazine rings is 1. The van der Waals surface area contributed by atoms with E-state index in [-0.39, 0.29) is 4.90 Å². The van der Waals surface area contributed by atoms with E-state index in [1.165, 1.54) is 23.5 Å². The topological polar surface area (TPSA) is 79.8 Å². The highest BCUT2D eigenvalue weighted by Crippen LogP contribution is 2.26. The molecule has 1 aliphatic heterocycles. The van der Waals surface area contributed by atoms with Crippen LogP contribution in [-0.2, 0) is 14.8 Å². The number of carbonyl (C=O) groups is 1. The van der Waals surface area contributed by atoms with Crippen molar-refractivity contribution in [2.24, 2.45) is 0 Å². The molecule has 0 aliphatic carbocycles. The number of sulfonamides is 1. The van der Waals surface area contributed by atoms with Crippen molar-refractivity contribution in [3.05, 3.63) is 40.4 Å². The zero-order valence-corrected chi connectivity index (χ0v) is 16.6. The first-order valence-electron chi connectivity index (χ1n) is 8.19. The summed E-state index contributed by atoms with van der Waals surface area (Å²) in [6, 6.07) is 4.51. The van der Waals surface area contributed by atoms with Gasteiger partial charge in [0.25, 0.3) is 0 Å². The second-order valence-electron chi connectivity index (χ2n) is 6.12. The highest BCUT2D eigenvalue weighted by atomic mass is 32.2. The minimum atomic E-state index is -3.60. The molecule has 1 aromatic carbocycles. The first-order chi connectivity index (χ1) is 12.3. The summed E-state index contributed by atoms with van der Waals surface area (Å²) in [4.78, 5) is 19.4. The monoisotopic (exact) mass is 395 g/mol. The van der Waals surface area contributed by atoms with Crippen LogP contribution >= 0.6 is 11.3 Å². The maximum absolute atomic E-state index is 13.0. The number of thiazole rings is 1. The standard InChI is InChI=1S/C17H21N3O4S2/c1-12-10-14(16(21)24-3)4-5-15(12)26(22,23)20-8-6-19(7-9-20)17-18-11-13(2)25-17/h4-5,10-11H,6-9H2,1-3H3. The van der Waals surface area contributed by atoms with E-state index in [2.05, 4.69) is 14.6 Å². The molecule has 9 heteroatoms. The SMILES string of the molecule is COC(=O)c1ccc(S(=O)(=O)N2CCN(c3ncc(C)s3)CC2)c(C)c1. The Morgan fingerprint density at radius 3 is 2.42 bits per heavy atom. The van der Waals surface area contributed by atoms with Crippen LogP contribution in [-0.4, -0.2) is 57.0 Å². The van der Waals surface area contributed by atoms with Gasteiger partial charge in [-0.3, -0.25) is 0 Å². The Morgan fingerprint density at radius 1 is 1.19 bits per heavy atom. The fraction of sp³-hybridized carbons (Fsp3) is 0.412. The van der Waals surface area contributed by atoms with Crippen LogP contribution in [0.1, 0.15) is 20.8 Å². The van der Waals surface area contributed by atoms with Gasteiger partial charge in [-0.25, -0.2) is 18.2 Å². The first-order valence-corrected chi connectivity index (χ1v) is 10.4. The highest BCUT2D eigenvalue weighted by Gasteiger charge is 2.30. The van der Waals surface area contributed by atoms with E-state index in [4.69, 9.17) is 0 Å². The van der Waals surface area contributed by atoms with Crippen LogP contribution in [0.15, 0.2) is 29.3 Å². The quantitative estimate of drug-likeness (QED) is 0.737. The van der Waals surface area contributed by atoms with Crippen LogP contribution in [0.5, 0.6) is 0 Å². The average Bonchev–Trinajstić information content (AvgIpc) is 3.07. The summed E-state index contributed by atoms with van der Waals surface area (Å²) in [5, 5.41) is 0.929. The van der Waals surface area contributed by atoms with E-state index in [1.54, 1.807) is 24.3 Å². The molecule has 0 spiro atoms. The smallest absolute Gasteiger partial charge is 0.337 e. The number of aryl methyl sites for hydroxylation is 2. The number of ether oxygens (including phenoxy) is 1. The number of esters is 1. The van der Waals surface area contributed by atoms with Crippen molar-refractivity contribution in [3.8, 4) is 0 Å². The third-order valence-electron chi connectivity index (χ3n) is 4.33. The van der Waals surface area contributed by atoms with Gasteiger partial charge in [0.15, 0.2) is 5.13 Å². The van der Waals surface area contributed by atoms with Crippen LogP contribution < -0.4 is 4.90 Å². The molecule has 0 atom stereocenters. The molecule has 26 heavy (non-hydrogen) atoms. The van der Waals surface area contributed by atoms with Crippen molar-refractivity contribution in [2.75, 3.05) is 38.2 Å². The minimum absolute atomic E-state index is 0.226. The predicted molar refractivity (Wildman–Crippen MR) is 100 cm³/mol. The molecule has 1 saturated heterocycles. The molecule has 0 N–H and O–H groups in total. The third-order valence-corrected chi connectivity index (χ3v) is 7.36. The number of hydrogen-bond acceptors (Lipinski definition) is 7. The average molecular weight is 396 g/mol. The summed E-state index contributed by atoms with van der Waals surface area (Å²) >= 11 is 1.61. The predicted octanol–water partition coefficient (Wildman–Crippen LogP) is 2.06. The van der Waals surface area contributed by atoms with E-state index >= 15 is 0 Å². The molecule has 0 amide bonds. The number of hydrogen-bond donors (Lipinski definition) is 0. The maximum atomic E-state index is 13.0. The minimum Gasteiger partial charge on any atom is -0.465 e. The number of nitrogens with zero attached hydrogens (tertiary/aromatic N) is 3. The van der Waals surface area contributed by atoms with E-state index in [1.807, 2.05) is 13.1 Å². The molecular formula is C17H21N3O4S2. The molecule has 1 aliphatic rings. The number of benzene rings is 1. The summed E-state index contributed by atoms with van der Waals surface area (Å²) in [6.07, 6.45) is 1.83. The van der Waals surface area contributed by atoms with Gasteiger partial charge in [0.2, 0.25) is 10.0 Å². The lowest BCUT2D eigenvalue weighted by molar-refractivity contribution is 0.0600. The fourth-order valence-electron chi connectivity index (χ4n) is 2.93. The van der Waals surface area contributed by atoms with Gasteiger partial charge in [-0.05, 0) is 37.6 Å². The van der Waals surface area contributed by atoms with Crippen molar-refractivity contribution in [1.82, 2.24) is 9.29 Å². The van der Waals surface area contributed by atoms with Crippen molar-refractivity contribution < 1.29 is 17.9 Å². The summed E-state index contributed by atoms with van der Waals surface area (Å²) in [5.74, 6) is -0.482. The van der Waals surface area contributed by atoms with E-state index in [0.29, 0.717) is 37.3 Å². The van der Waals surface area contributed by atoms with Gasteiger partial charge < -0.3 is 9.64 Å². The molecule has 2 aromatic rings. The maximum Gasteiger partial charge on any atom is 0.337 e. The molecule has 2 heterocycles. The molecule has 7 nitrogen and oxygen atoms in total. The molecule has 1 fully saturated rings. The lowest BCUT2D eigenvalue weighted by Gasteiger charge is -2.34.